The van der Waals surface area contributed by atoms with Gasteiger partial charge >= 0.3 is 0 Å². The third kappa shape index (κ3) is 3.58. The molecule has 1 fully saturated rings. The summed E-state index contributed by atoms with van der Waals surface area (Å²) in [5, 5.41) is 3.48. The maximum Gasteiger partial charge on any atom is 0.147 e. The highest BCUT2D eigenvalue weighted by atomic mass is 35.5. The summed E-state index contributed by atoms with van der Waals surface area (Å²) in [6.07, 6.45) is 4.71. The van der Waals surface area contributed by atoms with Crippen LogP contribution in [0.3, 0.4) is 0 Å². The van der Waals surface area contributed by atoms with Crippen LogP contribution < -0.4 is 5.32 Å². The maximum atomic E-state index is 13.4. The number of rotatable bonds is 5. The lowest BCUT2D eigenvalue weighted by molar-refractivity contribution is 0.103. The molecule has 0 amide bonds. The predicted octanol–water partition coefficient (Wildman–Crippen LogP) is 3.85. The molecule has 0 aliphatic carbocycles. The van der Waals surface area contributed by atoms with E-state index in [2.05, 4.69) is 5.32 Å². The number of para-hydroxylation sites is 1. The molecule has 2 nitrogen and oxygen atoms in total. The van der Waals surface area contributed by atoms with Crippen LogP contribution in [0.2, 0.25) is 5.02 Å². The summed E-state index contributed by atoms with van der Waals surface area (Å²) in [6.45, 7) is 1.61. The molecule has 94 valence electrons. The largest absolute Gasteiger partial charge is 0.381 e. The molecule has 1 aliphatic rings. The van der Waals surface area contributed by atoms with Gasteiger partial charge in [-0.25, -0.2) is 4.39 Å². The van der Waals surface area contributed by atoms with E-state index in [-0.39, 0.29) is 5.82 Å². The molecule has 1 aromatic carbocycles. The van der Waals surface area contributed by atoms with Crippen molar-refractivity contribution in [1.82, 2.24) is 0 Å². The molecule has 1 atom stereocenters. The Bertz CT molecular complexity index is 346. The lowest BCUT2D eigenvalue weighted by Crippen LogP contribution is -2.09. The van der Waals surface area contributed by atoms with Crippen LogP contribution in [0.4, 0.5) is 10.1 Å². The van der Waals surface area contributed by atoms with Gasteiger partial charge in [0.1, 0.15) is 5.82 Å². The Morgan fingerprint density at radius 1 is 1.47 bits per heavy atom. The number of halogens is 2. The lowest BCUT2D eigenvalue weighted by Gasteiger charge is -2.11. The molecule has 1 unspecified atom stereocenters. The van der Waals surface area contributed by atoms with Gasteiger partial charge < -0.3 is 10.1 Å². The molecule has 0 bridgehead atoms. The molecule has 1 aromatic rings. The SMILES string of the molecule is Fc1cccc(Cl)c1NCCCC1CCCO1. The Balaban J connectivity index is 1.74. The van der Waals surface area contributed by atoms with Gasteiger partial charge in [0.2, 0.25) is 0 Å². The van der Waals surface area contributed by atoms with Gasteiger partial charge in [-0.15, -0.1) is 0 Å². The molecule has 0 radical (unpaired) electrons. The number of benzene rings is 1. The van der Waals surface area contributed by atoms with Gasteiger partial charge in [0.25, 0.3) is 0 Å². The normalized spacial score (nSPS) is 19.5. The monoisotopic (exact) mass is 257 g/mol. The topological polar surface area (TPSA) is 21.3 Å². The fourth-order valence-corrected chi connectivity index (χ4v) is 2.31. The quantitative estimate of drug-likeness (QED) is 0.809. The van der Waals surface area contributed by atoms with Crippen LogP contribution in [0.1, 0.15) is 25.7 Å². The number of nitrogens with one attached hydrogen (secondary N) is 1. The number of anilines is 1. The van der Waals surface area contributed by atoms with Gasteiger partial charge in [-0.05, 0) is 37.8 Å². The number of ether oxygens (including phenoxy) is 1. The van der Waals surface area contributed by atoms with Crippen molar-refractivity contribution in [3.05, 3.63) is 29.0 Å². The average molecular weight is 258 g/mol. The number of hydrogen-bond acceptors (Lipinski definition) is 2. The smallest absolute Gasteiger partial charge is 0.147 e. The fraction of sp³-hybridized carbons (Fsp3) is 0.538. The first-order chi connectivity index (χ1) is 8.27. The van der Waals surface area contributed by atoms with E-state index in [0.29, 0.717) is 16.8 Å². The minimum atomic E-state index is -0.297. The highest BCUT2D eigenvalue weighted by Gasteiger charge is 2.14. The molecule has 0 spiro atoms. The average Bonchev–Trinajstić information content (AvgIpc) is 2.80. The van der Waals surface area contributed by atoms with E-state index in [9.17, 15) is 4.39 Å². The standard InChI is InChI=1S/C13H17ClFNO/c14-11-6-1-7-12(15)13(11)16-8-2-4-10-5-3-9-17-10/h1,6-7,10,16H,2-5,8-9H2. The van der Waals surface area contributed by atoms with Crippen molar-refractivity contribution < 1.29 is 9.13 Å². The van der Waals surface area contributed by atoms with Gasteiger partial charge in [-0.2, -0.15) is 0 Å². The highest BCUT2D eigenvalue weighted by Crippen LogP contribution is 2.24. The molecule has 0 aromatic heterocycles. The summed E-state index contributed by atoms with van der Waals surface area (Å²) in [5.41, 5.74) is 0.404. The van der Waals surface area contributed by atoms with E-state index in [0.717, 1.165) is 38.8 Å². The molecule has 17 heavy (non-hydrogen) atoms. The Kier molecular flexibility index (Phi) is 4.63. The third-order valence-electron chi connectivity index (χ3n) is 2.99. The molecular formula is C13H17ClFNO. The Morgan fingerprint density at radius 3 is 3.06 bits per heavy atom. The minimum absolute atomic E-state index is 0.297. The minimum Gasteiger partial charge on any atom is -0.381 e. The van der Waals surface area contributed by atoms with E-state index >= 15 is 0 Å². The summed E-state index contributed by atoms with van der Waals surface area (Å²) in [6, 6.07) is 4.70. The van der Waals surface area contributed by atoms with Crippen molar-refractivity contribution in [2.75, 3.05) is 18.5 Å². The second-order valence-corrected chi connectivity index (χ2v) is 4.71. The zero-order chi connectivity index (χ0) is 12.1. The van der Waals surface area contributed by atoms with Crippen molar-refractivity contribution in [3.8, 4) is 0 Å². The highest BCUT2D eigenvalue weighted by molar-refractivity contribution is 6.33. The molecule has 1 heterocycles. The van der Waals surface area contributed by atoms with E-state index in [1.165, 1.54) is 6.07 Å². The van der Waals surface area contributed by atoms with Gasteiger partial charge in [-0.1, -0.05) is 17.7 Å². The second-order valence-electron chi connectivity index (χ2n) is 4.30. The summed E-state index contributed by atoms with van der Waals surface area (Å²) in [7, 11) is 0. The third-order valence-corrected chi connectivity index (χ3v) is 3.31. The van der Waals surface area contributed by atoms with Crippen LogP contribution in [-0.2, 0) is 4.74 Å². The van der Waals surface area contributed by atoms with Gasteiger partial charge in [0, 0.05) is 13.2 Å². The fourth-order valence-electron chi connectivity index (χ4n) is 2.08. The van der Waals surface area contributed by atoms with Crippen LogP contribution >= 0.6 is 11.6 Å². The Hall–Kier alpha value is -0.800. The van der Waals surface area contributed by atoms with Crippen LogP contribution in [0, 0.1) is 5.82 Å². The summed E-state index contributed by atoms with van der Waals surface area (Å²) in [4.78, 5) is 0. The predicted molar refractivity (Wildman–Crippen MR) is 68.1 cm³/mol. The Labute approximate surface area is 106 Å². The van der Waals surface area contributed by atoms with Gasteiger partial charge in [-0.3, -0.25) is 0 Å². The van der Waals surface area contributed by atoms with Crippen molar-refractivity contribution in [2.24, 2.45) is 0 Å². The summed E-state index contributed by atoms with van der Waals surface area (Å²) >= 11 is 5.91. The van der Waals surface area contributed by atoms with Gasteiger partial charge in [0.05, 0.1) is 16.8 Å². The molecule has 1 saturated heterocycles. The lowest BCUT2D eigenvalue weighted by atomic mass is 10.1. The molecule has 1 aliphatic heterocycles. The zero-order valence-corrected chi connectivity index (χ0v) is 10.5. The van der Waals surface area contributed by atoms with Crippen molar-refractivity contribution >= 4 is 17.3 Å². The van der Waals surface area contributed by atoms with Crippen LogP contribution in [-0.4, -0.2) is 19.3 Å². The summed E-state index contributed by atoms with van der Waals surface area (Å²) < 4.78 is 18.9. The van der Waals surface area contributed by atoms with E-state index < -0.39 is 0 Å². The molecule has 1 N–H and O–H groups in total. The molecule has 2 rings (SSSR count). The number of hydrogen-bond donors (Lipinski definition) is 1. The zero-order valence-electron chi connectivity index (χ0n) is 9.72. The van der Waals surface area contributed by atoms with E-state index in [1.54, 1.807) is 12.1 Å². The van der Waals surface area contributed by atoms with Crippen molar-refractivity contribution in [2.45, 2.75) is 31.8 Å². The molecular weight excluding hydrogens is 241 g/mol. The van der Waals surface area contributed by atoms with Crippen LogP contribution in [0.15, 0.2) is 18.2 Å². The Morgan fingerprint density at radius 2 is 2.35 bits per heavy atom. The van der Waals surface area contributed by atoms with E-state index in [4.69, 9.17) is 16.3 Å². The maximum absolute atomic E-state index is 13.4. The van der Waals surface area contributed by atoms with E-state index in [1.807, 2.05) is 0 Å². The summed E-state index contributed by atoms with van der Waals surface area (Å²) in [5.74, 6) is -0.297. The van der Waals surface area contributed by atoms with Crippen molar-refractivity contribution in [1.29, 1.82) is 0 Å². The molecule has 0 saturated carbocycles. The first-order valence-electron chi connectivity index (χ1n) is 6.07. The first kappa shape index (κ1) is 12.7. The second kappa shape index (κ2) is 6.22. The van der Waals surface area contributed by atoms with Crippen molar-refractivity contribution in [3.63, 3.8) is 0 Å². The van der Waals surface area contributed by atoms with Gasteiger partial charge in [0.15, 0.2) is 0 Å². The molecule has 4 heteroatoms. The van der Waals surface area contributed by atoms with Crippen LogP contribution in [0.5, 0.6) is 0 Å². The van der Waals surface area contributed by atoms with Crippen LogP contribution in [0.25, 0.3) is 0 Å². The first-order valence-corrected chi connectivity index (χ1v) is 6.44.